The standard InChI is InChI=1S/C33H44INO6/c1-3-5-11-24(4-2)20-39-33(37)41-23-40-27-17-16-26-18-31(29-15-10-9-14-28(29)30(26)19-27)35(22-34)32(36)38-21-25-12-7-6-8-13-25/h6-8,12-13,16-17,19,24,28-29,31H,3-5,9-11,14-15,18,20-23H2,1-2H3/t24?,28?,29-,31-/m0/s1. The van der Waals surface area contributed by atoms with E-state index in [-0.39, 0.29) is 25.5 Å². The normalized spacial score (nSPS) is 20.2. The van der Waals surface area contributed by atoms with Crippen LogP contribution in [0.15, 0.2) is 48.5 Å². The van der Waals surface area contributed by atoms with Gasteiger partial charge in [-0.1, -0.05) is 105 Å². The molecule has 1 amide bonds. The Balaban J connectivity index is 1.35. The first-order valence-corrected chi connectivity index (χ1v) is 16.6. The summed E-state index contributed by atoms with van der Waals surface area (Å²) in [7, 11) is 0. The van der Waals surface area contributed by atoms with Crippen LogP contribution in [0.25, 0.3) is 0 Å². The molecule has 2 aromatic rings. The van der Waals surface area contributed by atoms with Gasteiger partial charge in [0.05, 0.1) is 11.2 Å². The van der Waals surface area contributed by atoms with Crippen LogP contribution in [-0.2, 0) is 27.2 Å². The third-order valence-electron chi connectivity index (χ3n) is 8.61. The van der Waals surface area contributed by atoms with Crippen LogP contribution in [0.5, 0.6) is 5.75 Å². The second kappa shape index (κ2) is 16.2. The largest absolute Gasteiger partial charge is 0.511 e. The molecule has 224 valence electrons. The number of fused-ring (bicyclic) bond motifs is 3. The minimum Gasteiger partial charge on any atom is -0.457 e. The fourth-order valence-electron chi connectivity index (χ4n) is 6.26. The Morgan fingerprint density at radius 1 is 1.02 bits per heavy atom. The zero-order valence-corrected chi connectivity index (χ0v) is 26.6. The van der Waals surface area contributed by atoms with E-state index >= 15 is 0 Å². The molecule has 0 radical (unpaired) electrons. The SMILES string of the molecule is CCCCC(CC)COC(=O)OCOc1ccc2c(c1)C1CCCC[C@@H]1[C@@H](N(CI)C(=O)OCc1ccccc1)C2. The molecular weight excluding hydrogens is 633 g/mol. The highest BCUT2D eigenvalue weighted by Gasteiger charge is 2.42. The van der Waals surface area contributed by atoms with Gasteiger partial charge in [0.1, 0.15) is 12.4 Å². The molecule has 2 aliphatic rings. The van der Waals surface area contributed by atoms with Gasteiger partial charge in [-0.2, -0.15) is 0 Å². The summed E-state index contributed by atoms with van der Waals surface area (Å²) in [4.78, 5) is 27.2. The first-order valence-electron chi connectivity index (χ1n) is 15.1. The molecule has 2 aliphatic carbocycles. The van der Waals surface area contributed by atoms with E-state index < -0.39 is 6.16 Å². The van der Waals surface area contributed by atoms with Crippen LogP contribution < -0.4 is 4.74 Å². The van der Waals surface area contributed by atoms with Crippen LogP contribution >= 0.6 is 22.6 Å². The van der Waals surface area contributed by atoms with Crippen molar-refractivity contribution in [3.05, 3.63) is 65.2 Å². The number of nitrogens with zero attached hydrogens (tertiary/aromatic N) is 1. The van der Waals surface area contributed by atoms with E-state index in [9.17, 15) is 9.59 Å². The molecule has 0 spiro atoms. The van der Waals surface area contributed by atoms with Crippen molar-refractivity contribution in [2.45, 2.75) is 90.2 Å². The summed E-state index contributed by atoms with van der Waals surface area (Å²) < 4.78 is 22.7. The van der Waals surface area contributed by atoms with Gasteiger partial charge >= 0.3 is 12.2 Å². The van der Waals surface area contributed by atoms with Gasteiger partial charge in [-0.3, -0.25) is 4.90 Å². The molecule has 0 saturated heterocycles. The van der Waals surface area contributed by atoms with Gasteiger partial charge in [0, 0.05) is 6.04 Å². The molecule has 1 fully saturated rings. The Morgan fingerprint density at radius 3 is 2.59 bits per heavy atom. The Bertz CT molecular complexity index is 1110. The number of ether oxygens (including phenoxy) is 4. The summed E-state index contributed by atoms with van der Waals surface area (Å²) >= 11 is 2.28. The number of carbonyl (C=O) groups excluding carboxylic acids is 2. The van der Waals surface area contributed by atoms with Crippen molar-refractivity contribution >= 4 is 34.8 Å². The van der Waals surface area contributed by atoms with Gasteiger partial charge in [-0.15, -0.1) is 0 Å². The van der Waals surface area contributed by atoms with E-state index in [2.05, 4.69) is 48.6 Å². The van der Waals surface area contributed by atoms with Gasteiger partial charge in [0.15, 0.2) is 0 Å². The van der Waals surface area contributed by atoms with Crippen LogP contribution in [-0.4, -0.2) is 41.1 Å². The van der Waals surface area contributed by atoms with E-state index in [1.54, 1.807) is 0 Å². The van der Waals surface area contributed by atoms with Crippen molar-refractivity contribution in [3.63, 3.8) is 0 Å². The minimum absolute atomic E-state index is 0.0992. The quantitative estimate of drug-likeness (QED) is 0.0695. The lowest BCUT2D eigenvalue weighted by Crippen LogP contribution is -2.50. The number of alkyl halides is 1. The minimum atomic E-state index is -0.689. The van der Waals surface area contributed by atoms with Crippen LogP contribution in [0.1, 0.15) is 87.8 Å². The molecule has 7 nitrogen and oxygen atoms in total. The first kappa shape index (κ1) is 31.4. The molecule has 0 N–H and O–H groups in total. The Labute approximate surface area is 258 Å². The number of hydrogen-bond acceptors (Lipinski definition) is 6. The number of unbranched alkanes of at least 4 members (excludes halogenated alkanes) is 1. The number of halogens is 1. The van der Waals surface area contributed by atoms with Gasteiger partial charge in [0.2, 0.25) is 6.79 Å². The maximum Gasteiger partial charge on any atom is 0.511 e. The van der Waals surface area contributed by atoms with E-state index in [0.29, 0.717) is 34.7 Å². The van der Waals surface area contributed by atoms with Crippen LogP contribution in [0.2, 0.25) is 0 Å². The van der Waals surface area contributed by atoms with Crippen molar-refractivity contribution in [2.24, 2.45) is 11.8 Å². The van der Waals surface area contributed by atoms with Crippen LogP contribution in [0, 0.1) is 11.8 Å². The lowest BCUT2D eigenvalue weighted by molar-refractivity contribution is -0.00243. The third-order valence-corrected chi connectivity index (χ3v) is 9.35. The molecule has 2 unspecified atom stereocenters. The predicted molar refractivity (Wildman–Crippen MR) is 167 cm³/mol. The smallest absolute Gasteiger partial charge is 0.457 e. The molecule has 0 aromatic heterocycles. The molecule has 0 bridgehead atoms. The lowest BCUT2D eigenvalue weighted by atomic mass is 9.65. The number of hydrogen-bond donors (Lipinski definition) is 0. The maximum atomic E-state index is 13.2. The second-order valence-electron chi connectivity index (χ2n) is 11.2. The van der Waals surface area contributed by atoms with Gasteiger partial charge < -0.3 is 18.9 Å². The maximum absolute atomic E-state index is 13.2. The zero-order valence-electron chi connectivity index (χ0n) is 24.4. The number of amides is 1. The van der Waals surface area contributed by atoms with Crippen LogP contribution in [0.3, 0.4) is 0 Å². The first-order chi connectivity index (χ1) is 20.0. The molecule has 1 saturated carbocycles. The fraction of sp³-hybridized carbons (Fsp3) is 0.576. The molecule has 4 atom stereocenters. The van der Waals surface area contributed by atoms with E-state index in [0.717, 1.165) is 50.5 Å². The van der Waals surface area contributed by atoms with Crippen molar-refractivity contribution in [3.8, 4) is 5.75 Å². The monoisotopic (exact) mass is 677 g/mol. The van der Waals surface area contributed by atoms with Gasteiger partial charge in [-0.25, -0.2) is 9.59 Å². The molecule has 41 heavy (non-hydrogen) atoms. The average Bonchev–Trinajstić information content (AvgIpc) is 3.01. The third kappa shape index (κ3) is 8.75. The molecule has 0 heterocycles. The predicted octanol–water partition coefficient (Wildman–Crippen LogP) is 8.62. The molecule has 2 aromatic carbocycles. The van der Waals surface area contributed by atoms with E-state index in [1.807, 2.05) is 41.3 Å². The Kier molecular flexibility index (Phi) is 12.4. The summed E-state index contributed by atoms with van der Waals surface area (Å²) in [6, 6.07) is 16.0. The average molecular weight is 678 g/mol. The summed E-state index contributed by atoms with van der Waals surface area (Å²) in [5.74, 6) is 1.77. The summed E-state index contributed by atoms with van der Waals surface area (Å²) in [5, 5.41) is 0. The fourth-order valence-corrected chi connectivity index (χ4v) is 7.05. The highest BCUT2D eigenvalue weighted by Crippen LogP contribution is 2.47. The van der Waals surface area contributed by atoms with Gasteiger partial charge in [-0.05, 0) is 72.3 Å². The van der Waals surface area contributed by atoms with Crippen LogP contribution in [0.4, 0.5) is 9.59 Å². The van der Waals surface area contributed by atoms with E-state index in [4.69, 9.17) is 18.9 Å². The van der Waals surface area contributed by atoms with Crippen molar-refractivity contribution < 1.29 is 28.5 Å². The number of benzene rings is 2. The molecular formula is C33H44INO6. The van der Waals surface area contributed by atoms with Gasteiger partial charge in [0.25, 0.3) is 0 Å². The Hall–Kier alpha value is -2.49. The topological polar surface area (TPSA) is 74.3 Å². The number of carbonyl (C=O) groups is 2. The second-order valence-corrected chi connectivity index (χ2v) is 11.9. The van der Waals surface area contributed by atoms with Crippen molar-refractivity contribution in [1.82, 2.24) is 4.90 Å². The lowest BCUT2D eigenvalue weighted by Gasteiger charge is -2.46. The highest BCUT2D eigenvalue weighted by molar-refractivity contribution is 14.1. The molecule has 8 heteroatoms. The highest BCUT2D eigenvalue weighted by atomic mass is 127. The zero-order chi connectivity index (χ0) is 29.0. The van der Waals surface area contributed by atoms with Crippen molar-refractivity contribution in [1.29, 1.82) is 0 Å². The van der Waals surface area contributed by atoms with E-state index in [1.165, 1.54) is 24.0 Å². The molecule has 0 aliphatic heterocycles. The van der Waals surface area contributed by atoms with Crippen molar-refractivity contribution in [2.75, 3.05) is 18.0 Å². The summed E-state index contributed by atoms with van der Waals surface area (Å²) in [6.45, 7) is 4.75. The summed E-state index contributed by atoms with van der Waals surface area (Å²) in [5.41, 5.74) is 3.52. The number of rotatable bonds is 13. The Morgan fingerprint density at radius 2 is 1.83 bits per heavy atom. The molecule has 4 rings (SSSR count). The summed E-state index contributed by atoms with van der Waals surface area (Å²) in [6.07, 6.45) is 8.68.